The Morgan fingerprint density at radius 2 is 1.85 bits per heavy atom. The number of aryl methyl sites for hydroxylation is 1. The van der Waals surface area contributed by atoms with Crippen molar-refractivity contribution in [2.75, 3.05) is 5.32 Å². The van der Waals surface area contributed by atoms with Crippen molar-refractivity contribution in [3.63, 3.8) is 0 Å². The Labute approximate surface area is 161 Å². The van der Waals surface area contributed by atoms with Gasteiger partial charge in [0.05, 0.1) is 5.57 Å². The number of aromatic nitrogens is 1. The summed E-state index contributed by atoms with van der Waals surface area (Å²) in [6, 6.07) is 16.6. The molecular weight excluding hydrogens is 358 g/mol. The van der Waals surface area contributed by atoms with Gasteiger partial charge in [-0.2, -0.15) is 5.26 Å². The number of allylic oxidation sites excluding steroid dienone is 1. The van der Waals surface area contributed by atoms with Crippen LogP contribution in [0.25, 0.3) is 22.9 Å². The first-order valence-corrected chi connectivity index (χ1v) is 9.04. The molecule has 0 saturated carbocycles. The van der Waals surface area contributed by atoms with Crippen LogP contribution in [0.15, 0.2) is 48.5 Å². The minimum absolute atomic E-state index is 0.162. The number of hydrogen-bond donors (Lipinski definition) is 2. The number of nitrogens with zero attached hydrogens (tertiary/aromatic N) is 2. The molecule has 0 saturated heterocycles. The van der Waals surface area contributed by atoms with Gasteiger partial charge in [-0.15, -0.1) is 0 Å². The third-order valence-corrected chi connectivity index (χ3v) is 4.80. The molecule has 0 aliphatic carbocycles. The lowest BCUT2D eigenvalue weighted by Crippen LogP contribution is -2.05. The lowest BCUT2D eigenvalue weighted by molar-refractivity contribution is -0.114. The van der Waals surface area contributed by atoms with E-state index in [-0.39, 0.29) is 11.7 Å². The van der Waals surface area contributed by atoms with E-state index in [1.165, 1.54) is 18.3 Å². The number of benzene rings is 2. The molecule has 0 radical (unpaired) electrons. The molecule has 27 heavy (non-hydrogen) atoms. The molecule has 2 aromatic carbocycles. The highest BCUT2D eigenvalue weighted by Gasteiger charge is 2.17. The fourth-order valence-electron chi connectivity index (χ4n) is 2.47. The molecular formula is C21H17N3O2S. The van der Waals surface area contributed by atoms with Crippen molar-refractivity contribution in [1.29, 1.82) is 5.26 Å². The number of carbonyl (C=O) groups is 1. The third kappa shape index (κ3) is 4.40. The summed E-state index contributed by atoms with van der Waals surface area (Å²) < 4.78 is 0. The summed E-state index contributed by atoms with van der Waals surface area (Å²) in [5, 5.41) is 22.9. The fourth-order valence-corrected chi connectivity index (χ4v) is 3.47. The SMILES string of the molecule is CC(=O)Nc1sc(/C(C#N)=C/c2ccc(O)cc2)nc1-c1ccc(C)cc1. The van der Waals surface area contributed by atoms with Gasteiger partial charge in [0.2, 0.25) is 5.91 Å². The quantitative estimate of drug-likeness (QED) is 0.639. The molecule has 0 aliphatic heterocycles. The molecule has 0 bridgehead atoms. The topological polar surface area (TPSA) is 86.0 Å². The van der Waals surface area contributed by atoms with Crippen molar-refractivity contribution >= 4 is 33.9 Å². The molecule has 0 aliphatic rings. The molecule has 0 unspecified atom stereocenters. The van der Waals surface area contributed by atoms with E-state index in [1.54, 1.807) is 30.3 Å². The second kappa shape index (κ2) is 7.85. The third-order valence-electron chi connectivity index (χ3n) is 3.80. The highest BCUT2D eigenvalue weighted by molar-refractivity contribution is 7.17. The average Bonchev–Trinajstić information content (AvgIpc) is 3.04. The Morgan fingerprint density at radius 1 is 1.19 bits per heavy atom. The zero-order valence-corrected chi connectivity index (χ0v) is 15.7. The van der Waals surface area contributed by atoms with Crippen LogP contribution in [0.4, 0.5) is 5.00 Å². The summed E-state index contributed by atoms with van der Waals surface area (Å²) in [5.41, 5.74) is 3.79. The van der Waals surface area contributed by atoms with Gasteiger partial charge >= 0.3 is 0 Å². The van der Waals surface area contributed by atoms with E-state index in [9.17, 15) is 15.2 Å². The predicted molar refractivity (Wildman–Crippen MR) is 108 cm³/mol. The van der Waals surface area contributed by atoms with Crippen molar-refractivity contribution in [2.24, 2.45) is 0 Å². The largest absolute Gasteiger partial charge is 0.508 e. The number of nitriles is 1. The number of anilines is 1. The van der Waals surface area contributed by atoms with E-state index in [1.807, 2.05) is 31.2 Å². The second-order valence-electron chi connectivity index (χ2n) is 6.01. The van der Waals surface area contributed by atoms with Gasteiger partial charge in [-0.25, -0.2) is 4.98 Å². The van der Waals surface area contributed by atoms with Crippen LogP contribution in [-0.2, 0) is 4.79 Å². The Hall–Kier alpha value is -3.43. The van der Waals surface area contributed by atoms with E-state index in [0.717, 1.165) is 16.7 Å². The number of aromatic hydroxyl groups is 1. The number of hydrogen-bond acceptors (Lipinski definition) is 5. The number of thiazole rings is 1. The summed E-state index contributed by atoms with van der Waals surface area (Å²) in [6.45, 7) is 3.44. The first-order chi connectivity index (χ1) is 13.0. The first kappa shape index (κ1) is 18.4. The van der Waals surface area contributed by atoms with Gasteiger partial charge in [0.1, 0.15) is 27.5 Å². The normalized spacial score (nSPS) is 11.1. The number of phenolic OH excluding ortho intramolecular Hbond substituents is 1. The van der Waals surface area contributed by atoms with Crippen LogP contribution in [0.3, 0.4) is 0 Å². The molecule has 3 rings (SSSR count). The molecule has 5 nitrogen and oxygen atoms in total. The molecule has 1 aromatic heterocycles. The summed E-state index contributed by atoms with van der Waals surface area (Å²) in [7, 11) is 0. The molecule has 0 fully saturated rings. The summed E-state index contributed by atoms with van der Waals surface area (Å²) in [5.74, 6) is -0.0332. The van der Waals surface area contributed by atoms with E-state index < -0.39 is 0 Å². The van der Waals surface area contributed by atoms with Crippen LogP contribution in [0, 0.1) is 18.3 Å². The predicted octanol–water partition coefficient (Wildman–Crippen LogP) is 4.85. The molecule has 3 aromatic rings. The Morgan fingerprint density at radius 3 is 2.44 bits per heavy atom. The molecule has 134 valence electrons. The fraction of sp³-hybridized carbons (Fsp3) is 0.0952. The molecule has 6 heteroatoms. The number of phenols is 1. The first-order valence-electron chi connectivity index (χ1n) is 8.23. The highest BCUT2D eigenvalue weighted by Crippen LogP contribution is 2.36. The maximum Gasteiger partial charge on any atom is 0.221 e. The van der Waals surface area contributed by atoms with E-state index in [0.29, 0.717) is 21.3 Å². The lowest BCUT2D eigenvalue weighted by Gasteiger charge is -2.03. The van der Waals surface area contributed by atoms with Gasteiger partial charge in [-0.05, 0) is 30.7 Å². The minimum atomic E-state index is -0.195. The lowest BCUT2D eigenvalue weighted by atomic mass is 10.1. The van der Waals surface area contributed by atoms with Crippen molar-refractivity contribution in [1.82, 2.24) is 4.98 Å². The average molecular weight is 375 g/mol. The number of carbonyl (C=O) groups excluding carboxylic acids is 1. The van der Waals surface area contributed by atoms with Crippen molar-refractivity contribution in [2.45, 2.75) is 13.8 Å². The smallest absolute Gasteiger partial charge is 0.221 e. The maximum absolute atomic E-state index is 11.6. The highest BCUT2D eigenvalue weighted by atomic mass is 32.1. The van der Waals surface area contributed by atoms with E-state index >= 15 is 0 Å². The molecule has 0 atom stereocenters. The van der Waals surface area contributed by atoms with Crippen molar-refractivity contribution < 1.29 is 9.90 Å². The second-order valence-corrected chi connectivity index (χ2v) is 7.00. The molecule has 1 heterocycles. The van der Waals surface area contributed by atoms with Crippen molar-refractivity contribution in [3.05, 3.63) is 64.7 Å². The zero-order chi connectivity index (χ0) is 19.4. The summed E-state index contributed by atoms with van der Waals surface area (Å²) >= 11 is 1.26. The van der Waals surface area contributed by atoms with E-state index in [2.05, 4.69) is 16.4 Å². The van der Waals surface area contributed by atoms with Gasteiger partial charge in [0.15, 0.2) is 0 Å². The molecule has 2 N–H and O–H groups in total. The monoisotopic (exact) mass is 375 g/mol. The van der Waals surface area contributed by atoms with Crippen LogP contribution >= 0.6 is 11.3 Å². The number of amides is 1. The summed E-state index contributed by atoms with van der Waals surface area (Å²) in [4.78, 5) is 16.2. The van der Waals surface area contributed by atoms with Crippen molar-refractivity contribution in [3.8, 4) is 23.1 Å². The minimum Gasteiger partial charge on any atom is -0.508 e. The van der Waals surface area contributed by atoms with Gasteiger partial charge in [-0.1, -0.05) is 53.3 Å². The Balaban J connectivity index is 2.06. The van der Waals surface area contributed by atoms with Crippen LogP contribution in [0.2, 0.25) is 0 Å². The van der Waals surface area contributed by atoms with Crippen LogP contribution in [0.5, 0.6) is 5.75 Å². The van der Waals surface area contributed by atoms with E-state index in [4.69, 9.17) is 0 Å². The van der Waals surface area contributed by atoms with Crippen LogP contribution < -0.4 is 5.32 Å². The molecule has 0 spiro atoms. The van der Waals surface area contributed by atoms with Crippen LogP contribution in [0.1, 0.15) is 23.1 Å². The van der Waals surface area contributed by atoms with Crippen LogP contribution in [-0.4, -0.2) is 16.0 Å². The Bertz CT molecular complexity index is 1040. The van der Waals surface area contributed by atoms with Gasteiger partial charge < -0.3 is 10.4 Å². The number of rotatable bonds is 4. The standard InChI is InChI=1S/C21H17N3O2S/c1-13-3-7-16(8-4-13)19-21(23-14(2)25)27-20(24-19)17(12-22)11-15-5-9-18(26)10-6-15/h3-11,26H,1-2H3,(H,23,25)/b17-11+. The maximum atomic E-state index is 11.6. The van der Waals surface area contributed by atoms with Gasteiger partial charge in [0, 0.05) is 12.5 Å². The summed E-state index contributed by atoms with van der Waals surface area (Å²) in [6.07, 6.45) is 1.70. The van der Waals surface area contributed by atoms with Gasteiger partial charge in [-0.3, -0.25) is 4.79 Å². The zero-order valence-electron chi connectivity index (χ0n) is 14.9. The van der Waals surface area contributed by atoms with Gasteiger partial charge in [0.25, 0.3) is 0 Å². The Kier molecular flexibility index (Phi) is 5.34. The number of nitrogens with one attached hydrogen (secondary N) is 1. The molecule has 1 amide bonds.